The van der Waals surface area contributed by atoms with Crippen LogP contribution in [0, 0.1) is 0 Å². The molecule has 2 aromatic rings. The van der Waals surface area contributed by atoms with Gasteiger partial charge in [-0.25, -0.2) is 0 Å². The molecule has 0 saturated carbocycles. The van der Waals surface area contributed by atoms with Gasteiger partial charge in [-0.3, -0.25) is 0 Å². The lowest BCUT2D eigenvalue weighted by molar-refractivity contribution is 0.247. The molecule has 0 aliphatic carbocycles. The van der Waals surface area contributed by atoms with Gasteiger partial charge in [0.2, 0.25) is 0 Å². The summed E-state index contributed by atoms with van der Waals surface area (Å²) in [5, 5.41) is 0.849. The topological polar surface area (TPSA) is 18.5 Å². The van der Waals surface area contributed by atoms with Gasteiger partial charge in [-0.15, -0.1) is 0 Å². The zero-order chi connectivity index (χ0) is 13.3. The van der Waals surface area contributed by atoms with Crippen LogP contribution < -0.4 is 9.47 Å². The molecule has 3 heteroatoms. The van der Waals surface area contributed by atoms with E-state index in [4.69, 9.17) is 9.47 Å². The summed E-state index contributed by atoms with van der Waals surface area (Å²) in [6.07, 6.45) is 0.868. The third kappa shape index (κ3) is 4.95. The van der Waals surface area contributed by atoms with Gasteiger partial charge in [0.1, 0.15) is 11.5 Å². The van der Waals surface area contributed by atoms with Gasteiger partial charge >= 0.3 is 0 Å². The maximum absolute atomic E-state index is 5.69. The van der Waals surface area contributed by atoms with Crippen molar-refractivity contribution in [2.24, 2.45) is 0 Å². The van der Waals surface area contributed by atoms with Crippen molar-refractivity contribution < 1.29 is 9.47 Å². The van der Waals surface area contributed by atoms with Gasteiger partial charge in [-0.05, 0) is 29.8 Å². The van der Waals surface area contributed by atoms with Gasteiger partial charge in [0.25, 0.3) is 0 Å². The van der Waals surface area contributed by atoms with E-state index in [-0.39, 0.29) is 0 Å². The Morgan fingerprint density at radius 2 is 1.47 bits per heavy atom. The first-order valence-electron chi connectivity index (χ1n) is 6.34. The van der Waals surface area contributed by atoms with Crippen molar-refractivity contribution in [3.63, 3.8) is 0 Å². The van der Waals surface area contributed by atoms with E-state index in [0.717, 1.165) is 23.2 Å². The first kappa shape index (κ1) is 13.9. The summed E-state index contributed by atoms with van der Waals surface area (Å²) in [6.45, 7) is 1.33. The monoisotopic (exact) mass is 320 g/mol. The lowest BCUT2D eigenvalue weighted by Gasteiger charge is -2.08. The van der Waals surface area contributed by atoms with Crippen LogP contribution in [0.3, 0.4) is 0 Å². The van der Waals surface area contributed by atoms with E-state index in [0.29, 0.717) is 13.2 Å². The molecule has 0 bridgehead atoms. The second kappa shape index (κ2) is 7.85. The minimum atomic E-state index is 0.665. The quantitative estimate of drug-likeness (QED) is 0.555. The zero-order valence-electron chi connectivity index (χ0n) is 10.7. The minimum Gasteiger partial charge on any atom is -0.493 e. The molecule has 0 saturated heterocycles. The SMILES string of the molecule is BrCc1cccc(OCCCOc2ccccc2)c1. The molecule has 0 N–H and O–H groups in total. The Morgan fingerprint density at radius 3 is 2.21 bits per heavy atom. The largest absolute Gasteiger partial charge is 0.493 e. The summed E-state index contributed by atoms with van der Waals surface area (Å²) >= 11 is 3.43. The molecule has 0 heterocycles. The highest BCUT2D eigenvalue weighted by atomic mass is 79.9. The molecular formula is C16H17BrO2. The van der Waals surface area contributed by atoms with E-state index in [9.17, 15) is 0 Å². The van der Waals surface area contributed by atoms with Crippen molar-refractivity contribution in [1.29, 1.82) is 0 Å². The average Bonchev–Trinajstić information content (AvgIpc) is 2.48. The van der Waals surface area contributed by atoms with E-state index < -0.39 is 0 Å². The average molecular weight is 321 g/mol. The number of hydrogen-bond acceptors (Lipinski definition) is 2. The predicted octanol–water partition coefficient (Wildman–Crippen LogP) is 4.43. The fourth-order valence-electron chi connectivity index (χ4n) is 1.67. The molecule has 100 valence electrons. The van der Waals surface area contributed by atoms with Crippen LogP contribution in [0.25, 0.3) is 0 Å². The molecule has 2 aromatic carbocycles. The highest BCUT2D eigenvalue weighted by Crippen LogP contribution is 2.15. The molecule has 0 atom stereocenters. The van der Waals surface area contributed by atoms with Crippen LogP contribution in [0.4, 0.5) is 0 Å². The summed E-state index contributed by atoms with van der Waals surface area (Å²) in [6, 6.07) is 17.9. The van der Waals surface area contributed by atoms with Crippen LogP contribution in [-0.2, 0) is 5.33 Å². The number of alkyl halides is 1. The lowest BCUT2D eigenvalue weighted by atomic mass is 10.2. The highest BCUT2D eigenvalue weighted by Gasteiger charge is 1.97. The fourth-order valence-corrected chi connectivity index (χ4v) is 2.02. The number of halogens is 1. The van der Waals surface area contributed by atoms with Gasteiger partial charge in [-0.1, -0.05) is 46.3 Å². The van der Waals surface area contributed by atoms with Gasteiger partial charge in [0, 0.05) is 11.8 Å². The van der Waals surface area contributed by atoms with Crippen LogP contribution in [0.15, 0.2) is 54.6 Å². The molecule has 0 aromatic heterocycles. The van der Waals surface area contributed by atoms with Crippen LogP contribution in [0.1, 0.15) is 12.0 Å². The van der Waals surface area contributed by atoms with E-state index in [1.807, 2.05) is 48.5 Å². The summed E-state index contributed by atoms with van der Waals surface area (Å²) in [5.74, 6) is 1.82. The van der Waals surface area contributed by atoms with Crippen molar-refractivity contribution in [1.82, 2.24) is 0 Å². The Balaban J connectivity index is 1.66. The second-order valence-corrected chi connectivity index (χ2v) is 4.71. The Kier molecular flexibility index (Phi) is 5.76. The third-order valence-electron chi connectivity index (χ3n) is 2.62. The van der Waals surface area contributed by atoms with Gasteiger partial charge in [-0.2, -0.15) is 0 Å². The maximum Gasteiger partial charge on any atom is 0.119 e. The smallest absolute Gasteiger partial charge is 0.119 e. The first-order valence-corrected chi connectivity index (χ1v) is 7.46. The summed E-state index contributed by atoms with van der Waals surface area (Å²) in [5.41, 5.74) is 1.22. The Hall–Kier alpha value is -1.48. The molecule has 0 aliphatic heterocycles. The third-order valence-corrected chi connectivity index (χ3v) is 3.27. The number of para-hydroxylation sites is 1. The second-order valence-electron chi connectivity index (χ2n) is 4.14. The Morgan fingerprint density at radius 1 is 0.789 bits per heavy atom. The molecule has 0 aliphatic rings. The lowest BCUT2D eigenvalue weighted by Crippen LogP contribution is -2.05. The van der Waals surface area contributed by atoms with Crippen LogP contribution in [-0.4, -0.2) is 13.2 Å². The Bertz CT molecular complexity index is 485. The van der Waals surface area contributed by atoms with Crippen molar-refractivity contribution in [3.8, 4) is 11.5 Å². The van der Waals surface area contributed by atoms with Crippen molar-refractivity contribution >= 4 is 15.9 Å². The predicted molar refractivity (Wildman–Crippen MR) is 81.1 cm³/mol. The van der Waals surface area contributed by atoms with Crippen LogP contribution in [0.2, 0.25) is 0 Å². The fraction of sp³-hybridized carbons (Fsp3) is 0.250. The molecule has 0 fully saturated rings. The normalized spacial score (nSPS) is 10.2. The minimum absolute atomic E-state index is 0.665. The van der Waals surface area contributed by atoms with Gasteiger partial charge in [0.05, 0.1) is 13.2 Å². The first-order chi connectivity index (χ1) is 9.38. The van der Waals surface area contributed by atoms with Crippen LogP contribution >= 0.6 is 15.9 Å². The summed E-state index contributed by atoms with van der Waals surface area (Å²) in [4.78, 5) is 0. The van der Waals surface area contributed by atoms with Crippen molar-refractivity contribution in [3.05, 3.63) is 60.2 Å². The highest BCUT2D eigenvalue weighted by molar-refractivity contribution is 9.08. The summed E-state index contributed by atoms with van der Waals surface area (Å²) in [7, 11) is 0. The summed E-state index contributed by atoms with van der Waals surface area (Å²) < 4.78 is 11.3. The molecule has 0 spiro atoms. The zero-order valence-corrected chi connectivity index (χ0v) is 12.3. The molecule has 0 unspecified atom stereocenters. The van der Waals surface area contributed by atoms with E-state index in [2.05, 4.69) is 22.0 Å². The molecule has 19 heavy (non-hydrogen) atoms. The molecule has 2 nitrogen and oxygen atoms in total. The van der Waals surface area contributed by atoms with Crippen LogP contribution in [0.5, 0.6) is 11.5 Å². The van der Waals surface area contributed by atoms with Gasteiger partial charge in [0.15, 0.2) is 0 Å². The van der Waals surface area contributed by atoms with E-state index >= 15 is 0 Å². The number of rotatable bonds is 7. The van der Waals surface area contributed by atoms with Crippen molar-refractivity contribution in [2.75, 3.05) is 13.2 Å². The Labute approximate surface area is 122 Å². The molecule has 0 amide bonds. The number of benzene rings is 2. The standard InChI is InChI=1S/C16H17BrO2/c17-13-14-6-4-9-16(12-14)19-11-5-10-18-15-7-2-1-3-8-15/h1-4,6-9,12H,5,10-11,13H2. The maximum atomic E-state index is 5.69. The number of hydrogen-bond donors (Lipinski definition) is 0. The van der Waals surface area contributed by atoms with E-state index in [1.165, 1.54) is 5.56 Å². The number of ether oxygens (including phenoxy) is 2. The van der Waals surface area contributed by atoms with Gasteiger partial charge < -0.3 is 9.47 Å². The molecule has 2 rings (SSSR count). The molecule has 0 radical (unpaired) electrons. The molecular weight excluding hydrogens is 304 g/mol. The van der Waals surface area contributed by atoms with E-state index in [1.54, 1.807) is 0 Å². The van der Waals surface area contributed by atoms with Crippen molar-refractivity contribution in [2.45, 2.75) is 11.8 Å².